The van der Waals surface area contributed by atoms with Gasteiger partial charge in [0.25, 0.3) is 0 Å². The van der Waals surface area contributed by atoms with Crippen molar-refractivity contribution in [2.24, 2.45) is 0 Å². The molecule has 0 saturated heterocycles. The Morgan fingerprint density at radius 1 is 1.21 bits per heavy atom. The zero-order chi connectivity index (χ0) is 14.0. The number of aromatic nitrogens is 3. The summed E-state index contributed by atoms with van der Waals surface area (Å²) < 4.78 is 1.91. The highest BCUT2D eigenvalue weighted by Gasteiger charge is 2.13. The van der Waals surface area contributed by atoms with Crippen molar-refractivity contribution in [3.05, 3.63) is 41.5 Å². The van der Waals surface area contributed by atoms with Crippen LogP contribution < -0.4 is 5.32 Å². The Bertz CT molecular complexity index is 564. The van der Waals surface area contributed by atoms with Gasteiger partial charge in [-0.3, -0.25) is 0 Å². The van der Waals surface area contributed by atoms with Crippen molar-refractivity contribution in [2.75, 3.05) is 0 Å². The molecule has 0 radical (unpaired) electrons. The van der Waals surface area contributed by atoms with Crippen LogP contribution in [0.1, 0.15) is 37.7 Å². The van der Waals surface area contributed by atoms with Gasteiger partial charge in [0.1, 0.15) is 12.2 Å². The van der Waals surface area contributed by atoms with Crippen LogP contribution in [0, 0.1) is 13.8 Å². The van der Waals surface area contributed by atoms with E-state index < -0.39 is 0 Å². The topological polar surface area (TPSA) is 42.7 Å². The number of hydrogen-bond donors (Lipinski definition) is 1. The predicted octanol–water partition coefficient (Wildman–Crippen LogP) is 2.77. The summed E-state index contributed by atoms with van der Waals surface area (Å²) in [5, 5.41) is 7.79. The zero-order valence-corrected chi connectivity index (χ0v) is 12.4. The lowest BCUT2D eigenvalue weighted by Gasteiger charge is -2.20. The maximum atomic E-state index is 4.35. The first-order chi connectivity index (χ1) is 8.87. The number of benzene rings is 1. The monoisotopic (exact) mass is 258 g/mol. The third-order valence-corrected chi connectivity index (χ3v) is 2.98. The highest BCUT2D eigenvalue weighted by Crippen LogP contribution is 2.16. The number of rotatable bonds is 3. The number of nitrogens with one attached hydrogen (secondary N) is 1. The second-order valence-electron chi connectivity index (χ2n) is 5.98. The quantitative estimate of drug-likeness (QED) is 0.920. The van der Waals surface area contributed by atoms with E-state index in [-0.39, 0.29) is 5.54 Å². The first-order valence-electron chi connectivity index (χ1n) is 6.58. The summed E-state index contributed by atoms with van der Waals surface area (Å²) in [5.41, 5.74) is 3.63. The van der Waals surface area contributed by atoms with Crippen molar-refractivity contribution in [3.8, 4) is 5.69 Å². The zero-order valence-electron chi connectivity index (χ0n) is 12.4. The van der Waals surface area contributed by atoms with Crippen LogP contribution in [0.4, 0.5) is 0 Å². The maximum absolute atomic E-state index is 4.35. The summed E-state index contributed by atoms with van der Waals surface area (Å²) in [4.78, 5) is 4.35. The Kier molecular flexibility index (Phi) is 3.71. The van der Waals surface area contributed by atoms with Gasteiger partial charge in [0.15, 0.2) is 0 Å². The van der Waals surface area contributed by atoms with Gasteiger partial charge in [0.05, 0.1) is 12.2 Å². The molecule has 19 heavy (non-hydrogen) atoms. The highest BCUT2D eigenvalue weighted by atomic mass is 15.3. The molecule has 1 aromatic carbocycles. The first kappa shape index (κ1) is 13.7. The molecule has 0 fully saturated rings. The molecule has 0 aliphatic rings. The van der Waals surface area contributed by atoms with Crippen LogP contribution in [-0.4, -0.2) is 20.3 Å². The van der Waals surface area contributed by atoms with Crippen LogP contribution in [0.3, 0.4) is 0 Å². The summed E-state index contributed by atoms with van der Waals surface area (Å²) in [6, 6.07) is 6.36. The van der Waals surface area contributed by atoms with E-state index in [4.69, 9.17) is 0 Å². The van der Waals surface area contributed by atoms with E-state index in [2.05, 4.69) is 68.2 Å². The molecule has 0 aliphatic heterocycles. The molecule has 0 bridgehead atoms. The fourth-order valence-electron chi connectivity index (χ4n) is 1.97. The molecule has 2 aromatic rings. The van der Waals surface area contributed by atoms with Crippen LogP contribution >= 0.6 is 0 Å². The molecule has 0 saturated carbocycles. The summed E-state index contributed by atoms with van der Waals surface area (Å²) in [6.07, 6.45) is 1.61. The van der Waals surface area contributed by atoms with Crippen LogP contribution in [0.2, 0.25) is 0 Å². The molecule has 1 heterocycles. The van der Waals surface area contributed by atoms with E-state index in [1.165, 1.54) is 11.1 Å². The minimum Gasteiger partial charge on any atom is -0.305 e. The van der Waals surface area contributed by atoms with Gasteiger partial charge >= 0.3 is 0 Å². The maximum Gasteiger partial charge on any atom is 0.146 e. The molecular weight excluding hydrogens is 236 g/mol. The fraction of sp³-hybridized carbons (Fsp3) is 0.467. The Morgan fingerprint density at radius 3 is 2.58 bits per heavy atom. The Balaban J connectivity index is 2.28. The van der Waals surface area contributed by atoms with Crippen molar-refractivity contribution in [2.45, 2.75) is 46.7 Å². The Hall–Kier alpha value is -1.68. The first-order valence-corrected chi connectivity index (χ1v) is 6.58. The van der Waals surface area contributed by atoms with Crippen molar-refractivity contribution in [1.82, 2.24) is 20.1 Å². The smallest absolute Gasteiger partial charge is 0.146 e. The van der Waals surface area contributed by atoms with Crippen molar-refractivity contribution in [1.29, 1.82) is 0 Å². The lowest BCUT2D eigenvalue weighted by Crippen LogP contribution is -2.36. The van der Waals surface area contributed by atoms with Gasteiger partial charge in [0, 0.05) is 5.54 Å². The average molecular weight is 258 g/mol. The molecule has 1 aromatic heterocycles. The van der Waals surface area contributed by atoms with Gasteiger partial charge in [-0.05, 0) is 46.2 Å². The largest absolute Gasteiger partial charge is 0.305 e. The third-order valence-electron chi connectivity index (χ3n) is 2.98. The Labute approximate surface area is 114 Å². The van der Waals surface area contributed by atoms with Crippen molar-refractivity contribution < 1.29 is 0 Å². The van der Waals surface area contributed by atoms with E-state index in [1.54, 1.807) is 6.33 Å². The average Bonchev–Trinajstić information content (AvgIpc) is 2.73. The van der Waals surface area contributed by atoms with E-state index in [9.17, 15) is 0 Å². The van der Waals surface area contributed by atoms with Gasteiger partial charge < -0.3 is 5.32 Å². The van der Waals surface area contributed by atoms with Gasteiger partial charge in [0.2, 0.25) is 0 Å². The van der Waals surface area contributed by atoms with Crippen LogP contribution in [0.25, 0.3) is 5.69 Å². The van der Waals surface area contributed by atoms with Crippen LogP contribution in [0.5, 0.6) is 0 Å². The molecule has 2 rings (SSSR count). The van der Waals surface area contributed by atoms with Gasteiger partial charge in [-0.1, -0.05) is 17.7 Å². The molecule has 4 nitrogen and oxygen atoms in total. The Morgan fingerprint density at radius 2 is 1.95 bits per heavy atom. The summed E-state index contributed by atoms with van der Waals surface area (Å²) in [6.45, 7) is 11.3. The van der Waals surface area contributed by atoms with Gasteiger partial charge in [-0.25, -0.2) is 9.67 Å². The summed E-state index contributed by atoms with van der Waals surface area (Å²) in [5.74, 6) is 0.932. The number of hydrogen-bond acceptors (Lipinski definition) is 3. The molecule has 0 amide bonds. The fourth-order valence-corrected chi connectivity index (χ4v) is 1.97. The van der Waals surface area contributed by atoms with Crippen LogP contribution in [-0.2, 0) is 6.54 Å². The minimum atomic E-state index is 0.0686. The lowest BCUT2D eigenvalue weighted by atomic mass is 10.1. The predicted molar refractivity (Wildman–Crippen MR) is 77.4 cm³/mol. The van der Waals surface area contributed by atoms with Gasteiger partial charge in [-0.15, -0.1) is 0 Å². The number of nitrogens with zero attached hydrogens (tertiary/aromatic N) is 3. The number of aryl methyl sites for hydroxylation is 2. The van der Waals surface area contributed by atoms with Crippen LogP contribution in [0.15, 0.2) is 24.5 Å². The van der Waals surface area contributed by atoms with E-state index in [1.807, 2.05) is 4.68 Å². The van der Waals surface area contributed by atoms with E-state index >= 15 is 0 Å². The summed E-state index contributed by atoms with van der Waals surface area (Å²) >= 11 is 0. The standard InChI is InChI=1S/C15H22N4/c1-11-6-7-13(12(2)8-11)19-14(16-10-18-19)9-17-15(3,4)5/h6-8,10,17H,9H2,1-5H3. The molecule has 0 spiro atoms. The van der Waals surface area contributed by atoms with E-state index in [0.717, 1.165) is 11.5 Å². The second-order valence-corrected chi connectivity index (χ2v) is 5.98. The normalized spacial score (nSPS) is 11.8. The third kappa shape index (κ3) is 3.41. The van der Waals surface area contributed by atoms with Crippen molar-refractivity contribution in [3.63, 3.8) is 0 Å². The molecule has 0 aliphatic carbocycles. The molecule has 0 unspecified atom stereocenters. The summed E-state index contributed by atoms with van der Waals surface area (Å²) in [7, 11) is 0. The molecule has 102 valence electrons. The minimum absolute atomic E-state index is 0.0686. The highest BCUT2D eigenvalue weighted by molar-refractivity contribution is 5.42. The van der Waals surface area contributed by atoms with Gasteiger partial charge in [-0.2, -0.15) is 5.10 Å². The molecular formula is C15H22N4. The molecule has 4 heteroatoms. The molecule has 1 N–H and O–H groups in total. The van der Waals surface area contributed by atoms with Crippen molar-refractivity contribution >= 4 is 0 Å². The SMILES string of the molecule is Cc1ccc(-n2ncnc2CNC(C)(C)C)c(C)c1. The van der Waals surface area contributed by atoms with E-state index in [0.29, 0.717) is 6.54 Å². The lowest BCUT2D eigenvalue weighted by molar-refractivity contribution is 0.415. The second kappa shape index (κ2) is 5.13. The molecule has 0 atom stereocenters.